The van der Waals surface area contributed by atoms with E-state index in [1.54, 1.807) is 0 Å². The monoisotopic (exact) mass is 274 g/mol. The highest BCUT2D eigenvalue weighted by atomic mass is 16.1. The summed E-state index contributed by atoms with van der Waals surface area (Å²) in [6, 6.07) is 8.16. The van der Waals surface area contributed by atoms with Crippen LogP contribution < -0.4 is 11.1 Å². The van der Waals surface area contributed by atoms with Crippen molar-refractivity contribution in [1.29, 1.82) is 0 Å². The molecule has 0 bridgehead atoms. The predicted octanol–water partition coefficient (Wildman–Crippen LogP) is 3.80. The lowest BCUT2D eigenvalue weighted by Crippen LogP contribution is -2.40. The Bertz CT molecular complexity index is 447. The summed E-state index contributed by atoms with van der Waals surface area (Å²) in [5.74, 6) is 0.594. The number of hydrogen-bond acceptors (Lipinski definition) is 2. The van der Waals surface area contributed by atoms with E-state index in [4.69, 9.17) is 5.73 Å². The smallest absolute Gasteiger partial charge is 0.226 e. The van der Waals surface area contributed by atoms with Crippen molar-refractivity contribution in [3.8, 4) is 0 Å². The summed E-state index contributed by atoms with van der Waals surface area (Å²) in [7, 11) is 0. The van der Waals surface area contributed by atoms with Gasteiger partial charge in [0.15, 0.2) is 0 Å². The van der Waals surface area contributed by atoms with Crippen LogP contribution in [0.2, 0.25) is 0 Å². The van der Waals surface area contributed by atoms with Crippen molar-refractivity contribution in [3.05, 3.63) is 29.8 Å². The molecule has 1 amide bonds. The van der Waals surface area contributed by atoms with Crippen LogP contribution in [0.3, 0.4) is 0 Å². The molecule has 0 aromatic heterocycles. The molecule has 0 heterocycles. The number of carbonyl (C=O) groups excluding carboxylic acids is 1. The van der Waals surface area contributed by atoms with E-state index in [-0.39, 0.29) is 11.4 Å². The van der Waals surface area contributed by atoms with Gasteiger partial charge in [0.1, 0.15) is 0 Å². The molecule has 0 saturated heterocycles. The Labute approximate surface area is 121 Å². The van der Waals surface area contributed by atoms with Gasteiger partial charge < -0.3 is 11.1 Å². The summed E-state index contributed by atoms with van der Waals surface area (Å²) in [5, 5.41) is 2.96. The highest BCUT2D eigenvalue weighted by molar-refractivity contribution is 5.91. The zero-order chi connectivity index (χ0) is 14.6. The van der Waals surface area contributed by atoms with Crippen molar-refractivity contribution in [3.63, 3.8) is 0 Å². The van der Waals surface area contributed by atoms with Gasteiger partial charge in [-0.25, -0.2) is 0 Å². The molecule has 1 aliphatic rings. The van der Waals surface area contributed by atoms with Crippen LogP contribution >= 0.6 is 0 Å². The number of nitrogens with two attached hydrogens (primary N) is 1. The first kappa shape index (κ1) is 15.0. The Hall–Kier alpha value is -1.35. The van der Waals surface area contributed by atoms with E-state index in [0.717, 1.165) is 37.8 Å². The van der Waals surface area contributed by atoms with Gasteiger partial charge in [0.25, 0.3) is 0 Å². The molecule has 0 radical (unpaired) electrons. The molecule has 1 aliphatic carbocycles. The minimum atomic E-state index is -0.277. The summed E-state index contributed by atoms with van der Waals surface area (Å²) < 4.78 is 0. The number of benzene rings is 1. The molecule has 3 heteroatoms. The van der Waals surface area contributed by atoms with E-state index in [0.29, 0.717) is 12.3 Å². The largest absolute Gasteiger partial charge is 0.326 e. The lowest BCUT2D eigenvalue weighted by atomic mass is 9.94. The van der Waals surface area contributed by atoms with Crippen molar-refractivity contribution >= 4 is 11.6 Å². The molecule has 1 saturated carbocycles. The molecule has 0 aliphatic heterocycles. The van der Waals surface area contributed by atoms with Gasteiger partial charge in [-0.2, -0.15) is 0 Å². The molecule has 1 aromatic rings. The van der Waals surface area contributed by atoms with Gasteiger partial charge in [-0.3, -0.25) is 4.79 Å². The molecule has 1 aromatic carbocycles. The quantitative estimate of drug-likeness (QED) is 0.858. The highest BCUT2D eigenvalue weighted by Crippen LogP contribution is 2.30. The van der Waals surface area contributed by atoms with Crippen molar-refractivity contribution < 1.29 is 4.79 Å². The van der Waals surface area contributed by atoms with Crippen LogP contribution in [0.25, 0.3) is 0 Å². The summed E-state index contributed by atoms with van der Waals surface area (Å²) >= 11 is 0. The van der Waals surface area contributed by atoms with Crippen molar-refractivity contribution in [2.75, 3.05) is 5.32 Å². The average Bonchev–Trinajstić information content (AvgIpc) is 2.84. The number of nitrogens with one attached hydrogen (secondary N) is 1. The Morgan fingerprint density at radius 2 is 1.90 bits per heavy atom. The van der Waals surface area contributed by atoms with E-state index >= 15 is 0 Å². The van der Waals surface area contributed by atoms with Crippen molar-refractivity contribution in [2.45, 2.75) is 63.8 Å². The van der Waals surface area contributed by atoms with Crippen LogP contribution in [-0.4, -0.2) is 11.4 Å². The molecule has 2 rings (SSSR count). The predicted molar refractivity (Wildman–Crippen MR) is 83.8 cm³/mol. The Morgan fingerprint density at radius 1 is 1.30 bits per heavy atom. The maximum Gasteiger partial charge on any atom is 0.226 e. The molecular formula is C17H26N2O. The van der Waals surface area contributed by atoms with Gasteiger partial charge in [0.05, 0.1) is 0 Å². The summed E-state index contributed by atoms with van der Waals surface area (Å²) in [6.45, 7) is 4.40. The average molecular weight is 274 g/mol. The Morgan fingerprint density at radius 3 is 2.45 bits per heavy atom. The summed E-state index contributed by atoms with van der Waals surface area (Å²) in [6.07, 6.45) is 5.78. The van der Waals surface area contributed by atoms with Crippen LogP contribution in [-0.2, 0) is 4.79 Å². The topological polar surface area (TPSA) is 55.1 Å². The number of rotatable bonds is 5. The third-order valence-corrected chi connectivity index (χ3v) is 4.49. The molecule has 1 fully saturated rings. The Kier molecular flexibility index (Phi) is 4.81. The second-order valence-electron chi connectivity index (χ2n) is 6.23. The van der Waals surface area contributed by atoms with Crippen LogP contribution in [0.15, 0.2) is 24.3 Å². The fourth-order valence-corrected chi connectivity index (χ4v) is 2.91. The van der Waals surface area contributed by atoms with Crippen molar-refractivity contribution in [1.82, 2.24) is 0 Å². The molecule has 1 unspecified atom stereocenters. The van der Waals surface area contributed by atoms with Gasteiger partial charge in [0, 0.05) is 17.6 Å². The van der Waals surface area contributed by atoms with Gasteiger partial charge in [0.2, 0.25) is 5.91 Å². The first-order valence-electron chi connectivity index (χ1n) is 7.71. The summed E-state index contributed by atoms with van der Waals surface area (Å²) in [5.41, 5.74) is 8.14. The second-order valence-corrected chi connectivity index (χ2v) is 6.23. The SMILES string of the molecule is CCC(C)c1ccc(NC(=O)CC2(N)CCCC2)cc1. The molecule has 20 heavy (non-hydrogen) atoms. The van der Waals surface area contributed by atoms with Crippen LogP contribution in [0.4, 0.5) is 5.69 Å². The van der Waals surface area contributed by atoms with E-state index in [1.807, 2.05) is 12.1 Å². The normalized spacial score (nSPS) is 18.8. The number of carbonyl (C=O) groups is 1. The molecule has 3 nitrogen and oxygen atoms in total. The molecule has 0 spiro atoms. The van der Waals surface area contributed by atoms with Gasteiger partial charge in [-0.1, -0.05) is 38.8 Å². The van der Waals surface area contributed by atoms with E-state index in [9.17, 15) is 4.79 Å². The third-order valence-electron chi connectivity index (χ3n) is 4.49. The number of amides is 1. The van der Waals surface area contributed by atoms with Crippen LogP contribution in [0.1, 0.15) is 63.9 Å². The maximum absolute atomic E-state index is 12.1. The third kappa shape index (κ3) is 3.83. The number of anilines is 1. The highest BCUT2D eigenvalue weighted by Gasteiger charge is 2.31. The first-order chi connectivity index (χ1) is 9.52. The van der Waals surface area contributed by atoms with Gasteiger partial charge in [-0.15, -0.1) is 0 Å². The summed E-state index contributed by atoms with van der Waals surface area (Å²) in [4.78, 5) is 12.1. The lowest BCUT2D eigenvalue weighted by Gasteiger charge is -2.22. The molecule has 3 N–H and O–H groups in total. The molecular weight excluding hydrogens is 248 g/mol. The maximum atomic E-state index is 12.1. The Balaban J connectivity index is 1.91. The zero-order valence-corrected chi connectivity index (χ0v) is 12.6. The standard InChI is InChI=1S/C17H26N2O/c1-3-13(2)14-6-8-15(9-7-14)19-16(20)12-17(18)10-4-5-11-17/h6-9,13H,3-5,10-12,18H2,1-2H3,(H,19,20). The lowest BCUT2D eigenvalue weighted by molar-refractivity contribution is -0.117. The minimum absolute atomic E-state index is 0.0330. The first-order valence-corrected chi connectivity index (χ1v) is 7.71. The van der Waals surface area contributed by atoms with Crippen molar-refractivity contribution in [2.24, 2.45) is 5.73 Å². The van der Waals surface area contributed by atoms with E-state index < -0.39 is 0 Å². The number of hydrogen-bond donors (Lipinski definition) is 2. The van der Waals surface area contributed by atoms with E-state index in [1.165, 1.54) is 5.56 Å². The fourth-order valence-electron chi connectivity index (χ4n) is 2.91. The fraction of sp³-hybridized carbons (Fsp3) is 0.588. The molecule has 110 valence electrons. The van der Waals surface area contributed by atoms with E-state index in [2.05, 4.69) is 31.3 Å². The second kappa shape index (κ2) is 6.40. The minimum Gasteiger partial charge on any atom is -0.326 e. The van der Waals surface area contributed by atoms with Gasteiger partial charge >= 0.3 is 0 Å². The zero-order valence-electron chi connectivity index (χ0n) is 12.6. The van der Waals surface area contributed by atoms with Crippen LogP contribution in [0.5, 0.6) is 0 Å². The van der Waals surface area contributed by atoms with Gasteiger partial charge in [-0.05, 0) is 42.9 Å². The molecule has 1 atom stereocenters. The van der Waals surface area contributed by atoms with Crippen LogP contribution in [0, 0.1) is 0 Å².